The number of imide groups is 1. The van der Waals surface area contributed by atoms with Gasteiger partial charge >= 0.3 is 6.03 Å². The minimum Gasteiger partial charge on any atom is -0.497 e. The summed E-state index contributed by atoms with van der Waals surface area (Å²) in [5.74, 6) is 0.320. The molecule has 0 saturated carbocycles. The van der Waals surface area contributed by atoms with E-state index >= 15 is 0 Å². The number of rotatable bonds is 5. The van der Waals surface area contributed by atoms with E-state index in [0.717, 1.165) is 11.3 Å². The van der Waals surface area contributed by atoms with Crippen molar-refractivity contribution in [2.24, 2.45) is 5.73 Å². The highest BCUT2D eigenvalue weighted by molar-refractivity contribution is 5.94. The summed E-state index contributed by atoms with van der Waals surface area (Å²) in [5.41, 5.74) is 5.85. The molecule has 1 aromatic rings. The first kappa shape index (κ1) is 14.0. The molecular formula is C12H17N3O3. The van der Waals surface area contributed by atoms with E-state index < -0.39 is 11.9 Å². The van der Waals surface area contributed by atoms with Crippen LogP contribution in [0.1, 0.15) is 18.5 Å². The maximum Gasteiger partial charge on any atom is 0.318 e. The highest BCUT2D eigenvalue weighted by Gasteiger charge is 2.08. The second-order valence-electron chi connectivity index (χ2n) is 3.79. The molecule has 1 atom stereocenters. The number of ether oxygens (including phenoxy) is 1. The summed E-state index contributed by atoms with van der Waals surface area (Å²) in [6.07, 6.45) is 0. The molecule has 3 amide bonds. The van der Waals surface area contributed by atoms with E-state index in [1.54, 1.807) is 7.11 Å². The number of benzene rings is 1. The van der Waals surface area contributed by atoms with Gasteiger partial charge in [0.05, 0.1) is 13.7 Å². The molecule has 6 heteroatoms. The van der Waals surface area contributed by atoms with Crippen LogP contribution >= 0.6 is 0 Å². The molecule has 6 nitrogen and oxygen atoms in total. The second kappa shape index (κ2) is 6.61. The molecule has 1 unspecified atom stereocenters. The van der Waals surface area contributed by atoms with E-state index in [9.17, 15) is 9.59 Å². The zero-order valence-corrected chi connectivity index (χ0v) is 10.4. The van der Waals surface area contributed by atoms with Crippen LogP contribution in [0.25, 0.3) is 0 Å². The van der Waals surface area contributed by atoms with Gasteiger partial charge in [0.25, 0.3) is 0 Å². The summed E-state index contributed by atoms with van der Waals surface area (Å²) in [4.78, 5) is 21.6. The number of hydrogen-bond acceptors (Lipinski definition) is 4. The predicted octanol–water partition coefficient (Wildman–Crippen LogP) is 0.541. The van der Waals surface area contributed by atoms with Gasteiger partial charge in [-0.15, -0.1) is 0 Å². The highest BCUT2D eigenvalue weighted by atomic mass is 16.5. The quantitative estimate of drug-likeness (QED) is 0.712. The molecule has 0 heterocycles. The lowest BCUT2D eigenvalue weighted by atomic mass is 10.1. The molecule has 0 radical (unpaired) electrons. The summed E-state index contributed by atoms with van der Waals surface area (Å²) in [6.45, 7) is 1.94. The van der Waals surface area contributed by atoms with Gasteiger partial charge in [0.1, 0.15) is 5.75 Å². The van der Waals surface area contributed by atoms with Gasteiger partial charge in [0, 0.05) is 6.04 Å². The van der Waals surface area contributed by atoms with Gasteiger partial charge in [-0.25, -0.2) is 4.79 Å². The molecule has 0 bridgehead atoms. The SMILES string of the molecule is COc1ccc(C(C)NCC(=O)NC(N)=O)cc1. The first-order chi connectivity index (χ1) is 8.52. The van der Waals surface area contributed by atoms with Crippen LogP contribution in [0.3, 0.4) is 0 Å². The van der Waals surface area contributed by atoms with Crippen molar-refractivity contribution in [3.63, 3.8) is 0 Å². The second-order valence-corrected chi connectivity index (χ2v) is 3.79. The van der Waals surface area contributed by atoms with E-state index in [4.69, 9.17) is 10.5 Å². The molecular weight excluding hydrogens is 234 g/mol. The van der Waals surface area contributed by atoms with Crippen LogP contribution in [0.2, 0.25) is 0 Å². The molecule has 0 aliphatic carbocycles. The molecule has 0 saturated heterocycles. The van der Waals surface area contributed by atoms with Crippen molar-refractivity contribution in [2.45, 2.75) is 13.0 Å². The van der Waals surface area contributed by atoms with Crippen LogP contribution in [0.15, 0.2) is 24.3 Å². The largest absolute Gasteiger partial charge is 0.497 e. The molecule has 0 fully saturated rings. The Morgan fingerprint density at radius 3 is 2.44 bits per heavy atom. The summed E-state index contributed by atoms with van der Waals surface area (Å²) in [5, 5.41) is 4.97. The zero-order chi connectivity index (χ0) is 13.5. The minimum absolute atomic E-state index is 0.0190. The molecule has 0 aromatic heterocycles. The van der Waals surface area contributed by atoms with Crippen molar-refractivity contribution in [2.75, 3.05) is 13.7 Å². The standard InChI is InChI=1S/C12H17N3O3/c1-8(14-7-11(16)15-12(13)17)9-3-5-10(18-2)6-4-9/h3-6,8,14H,7H2,1-2H3,(H3,13,15,16,17). The smallest absolute Gasteiger partial charge is 0.318 e. The van der Waals surface area contributed by atoms with Crippen LogP contribution in [-0.4, -0.2) is 25.6 Å². The number of carbonyl (C=O) groups is 2. The van der Waals surface area contributed by atoms with E-state index in [1.165, 1.54) is 0 Å². The van der Waals surface area contributed by atoms with Crippen LogP contribution < -0.4 is 21.1 Å². The van der Waals surface area contributed by atoms with Crippen LogP contribution in [0.5, 0.6) is 5.75 Å². The molecule has 98 valence electrons. The number of hydrogen-bond donors (Lipinski definition) is 3. The third-order valence-corrected chi connectivity index (χ3v) is 2.45. The van der Waals surface area contributed by atoms with E-state index in [1.807, 2.05) is 36.5 Å². The van der Waals surface area contributed by atoms with Crippen LogP contribution in [0, 0.1) is 0 Å². The van der Waals surface area contributed by atoms with Crippen molar-refractivity contribution in [3.05, 3.63) is 29.8 Å². The van der Waals surface area contributed by atoms with Gasteiger partial charge < -0.3 is 15.8 Å². The monoisotopic (exact) mass is 251 g/mol. The fourth-order valence-corrected chi connectivity index (χ4v) is 1.44. The molecule has 4 N–H and O–H groups in total. The molecule has 18 heavy (non-hydrogen) atoms. The molecule has 1 aromatic carbocycles. The summed E-state index contributed by atoms with van der Waals surface area (Å²) >= 11 is 0. The van der Waals surface area contributed by atoms with Gasteiger partial charge in [-0.1, -0.05) is 12.1 Å². The Bertz CT molecular complexity index is 417. The van der Waals surface area contributed by atoms with Gasteiger partial charge in [0.15, 0.2) is 0 Å². The number of methoxy groups -OCH3 is 1. The summed E-state index contributed by atoms with van der Waals surface area (Å²) in [7, 11) is 1.60. The lowest BCUT2D eigenvalue weighted by molar-refractivity contribution is -0.119. The third kappa shape index (κ3) is 4.42. The average Bonchev–Trinajstić information content (AvgIpc) is 2.35. The highest BCUT2D eigenvalue weighted by Crippen LogP contribution is 2.16. The molecule has 0 spiro atoms. The number of carbonyl (C=O) groups excluding carboxylic acids is 2. The van der Waals surface area contributed by atoms with Gasteiger partial charge in [-0.3, -0.25) is 10.1 Å². The Kier molecular flexibility index (Phi) is 5.13. The summed E-state index contributed by atoms with van der Waals surface area (Å²) in [6, 6.07) is 6.63. The number of nitrogens with one attached hydrogen (secondary N) is 2. The van der Waals surface area contributed by atoms with Gasteiger partial charge in [-0.05, 0) is 24.6 Å². The fourth-order valence-electron chi connectivity index (χ4n) is 1.44. The normalized spacial score (nSPS) is 11.7. The van der Waals surface area contributed by atoms with Crippen LogP contribution in [-0.2, 0) is 4.79 Å². The molecule has 0 aliphatic rings. The Morgan fingerprint density at radius 1 is 1.33 bits per heavy atom. The third-order valence-electron chi connectivity index (χ3n) is 2.45. The van der Waals surface area contributed by atoms with Crippen molar-refractivity contribution in [3.8, 4) is 5.75 Å². The van der Waals surface area contributed by atoms with Crippen LogP contribution in [0.4, 0.5) is 4.79 Å². The van der Waals surface area contributed by atoms with E-state index in [2.05, 4.69) is 5.32 Å². The topological polar surface area (TPSA) is 93.4 Å². The fraction of sp³-hybridized carbons (Fsp3) is 0.333. The van der Waals surface area contributed by atoms with E-state index in [-0.39, 0.29) is 12.6 Å². The van der Waals surface area contributed by atoms with Gasteiger partial charge in [0.2, 0.25) is 5.91 Å². The lowest BCUT2D eigenvalue weighted by Crippen LogP contribution is -2.41. The van der Waals surface area contributed by atoms with Gasteiger partial charge in [-0.2, -0.15) is 0 Å². The molecule has 0 aliphatic heterocycles. The summed E-state index contributed by atoms with van der Waals surface area (Å²) < 4.78 is 5.05. The molecule has 1 rings (SSSR count). The average molecular weight is 251 g/mol. The Labute approximate surface area is 105 Å². The van der Waals surface area contributed by atoms with E-state index in [0.29, 0.717) is 0 Å². The Hall–Kier alpha value is -2.08. The lowest BCUT2D eigenvalue weighted by Gasteiger charge is -2.14. The maximum atomic E-state index is 11.2. The first-order valence-electron chi connectivity index (χ1n) is 5.49. The number of nitrogens with two attached hydrogens (primary N) is 1. The van der Waals surface area contributed by atoms with Crippen molar-refractivity contribution < 1.29 is 14.3 Å². The first-order valence-corrected chi connectivity index (χ1v) is 5.49. The number of amides is 3. The van der Waals surface area contributed by atoms with Crippen molar-refractivity contribution in [1.82, 2.24) is 10.6 Å². The zero-order valence-electron chi connectivity index (χ0n) is 10.4. The number of urea groups is 1. The van der Waals surface area contributed by atoms with Crippen molar-refractivity contribution >= 4 is 11.9 Å². The van der Waals surface area contributed by atoms with Crippen molar-refractivity contribution in [1.29, 1.82) is 0 Å². The Morgan fingerprint density at radius 2 is 1.94 bits per heavy atom. The maximum absolute atomic E-state index is 11.2. The number of primary amides is 1. The predicted molar refractivity (Wildman–Crippen MR) is 67.1 cm³/mol. The Balaban J connectivity index is 2.46. The minimum atomic E-state index is -0.848.